The van der Waals surface area contributed by atoms with E-state index in [4.69, 9.17) is 14.7 Å². The highest BCUT2D eigenvalue weighted by Gasteiger charge is 2.22. The number of carbonyl (C=O) groups excluding carboxylic acids is 2. The first-order valence-electron chi connectivity index (χ1n) is 9.18. The van der Waals surface area contributed by atoms with E-state index in [-0.39, 0.29) is 0 Å². The van der Waals surface area contributed by atoms with E-state index < -0.39 is 18.1 Å². The monoisotopic (exact) mass is 380 g/mol. The summed E-state index contributed by atoms with van der Waals surface area (Å²) in [7, 11) is 1.29. The van der Waals surface area contributed by atoms with Gasteiger partial charge in [-0.3, -0.25) is 0 Å². The molecule has 0 aliphatic carbocycles. The smallest absolute Gasteiger partial charge is 0.407 e. The quantitative estimate of drug-likeness (QED) is 0.555. The minimum atomic E-state index is -0.820. The van der Waals surface area contributed by atoms with Crippen LogP contribution in [0.25, 0.3) is 11.1 Å². The van der Waals surface area contributed by atoms with Crippen molar-refractivity contribution in [3.63, 3.8) is 0 Å². The van der Waals surface area contributed by atoms with Crippen molar-refractivity contribution in [2.75, 3.05) is 13.7 Å². The summed E-state index contributed by atoms with van der Waals surface area (Å²) in [5.41, 5.74) is 3.47. The van der Waals surface area contributed by atoms with Gasteiger partial charge in [-0.05, 0) is 35.2 Å². The number of methoxy groups -OCH3 is 1. The fraction of sp³-hybridized carbons (Fsp3) is 0.318. The maximum Gasteiger partial charge on any atom is 0.407 e. The second-order valence-corrected chi connectivity index (χ2v) is 6.30. The molecule has 0 aliphatic rings. The minimum Gasteiger partial charge on any atom is -0.467 e. The summed E-state index contributed by atoms with van der Waals surface area (Å²) >= 11 is 0. The molecule has 0 saturated heterocycles. The highest BCUT2D eigenvalue weighted by Crippen LogP contribution is 2.21. The Balaban J connectivity index is 2.04. The molecule has 1 unspecified atom stereocenters. The summed E-state index contributed by atoms with van der Waals surface area (Å²) in [6.07, 6.45) is 1.35. The van der Waals surface area contributed by atoms with Crippen molar-refractivity contribution in [1.29, 1.82) is 5.26 Å². The zero-order chi connectivity index (χ0) is 20.4. The molecule has 0 aliphatic heterocycles. The van der Waals surface area contributed by atoms with Gasteiger partial charge in [-0.1, -0.05) is 49.7 Å². The van der Waals surface area contributed by atoms with Crippen molar-refractivity contribution in [2.24, 2.45) is 0 Å². The van der Waals surface area contributed by atoms with E-state index in [2.05, 4.69) is 11.4 Å². The van der Waals surface area contributed by atoms with E-state index >= 15 is 0 Å². The lowest BCUT2D eigenvalue weighted by Crippen LogP contribution is -2.43. The molecule has 0 bridgehead atoms. The SMILES string of the molecule is CCCCOC(=O)NC(Cc1ccc(-c2ccc(C#N)cc2)cc1)C(=O)OC. The predicted octanol–water partition coefficient (Wildman–Crippen LogP) is 3.84. The van der Waals surface area contributed by atoms with E-state index in [0.717, 1.165) is 29.5 Å². The Morgan fingerprint density at radius 3 is 2.21 bits per heavy atom. The molecule has 1 amide bonds. The van der Waals surface area contributed by atoms with Gasteiger partial charge in [-0.2, -0.15) is 5.26 Å². The molecule has 0 fully saturated rings. The normalized spacial score (nSPS) is 11.2. The van der Waals surface area contributed by atoms with Gasteiger partial charge in [-0.25, -0.2) is 9.59 Å². The topological polar surface area (TPSA) is 88.4 Å². The van der Waals surface area contributed by atoms with E-state index in [9.17, 15) is 9.59 Å². The van der Waals surface area contributed by atoms with Crippen LogP contribution in [0.1, 0.15) is 30.9 Å². The molecular weight excluding hydrogens is 356 g/mol. The number of hydrogen-bond acceptors (Lipinski definition) is 5. The van der Waals surface area contributed by atoms with Crippen LogP contribution in [0.5, 0.6) is 0 Å². The highest BCUT2D eigenvalue weighted by molar-refractivity contribution is 5.81. The Kier molecular flexibility index (Phi) is 8.04. The summed E-state index contributed by atoms with van der Waals surface area (Å²) < 4.78 is 9.85. The van der Waals surface area contributed by atoms with Gasteiger partial charge in [0.2, 0.25) is 0 Å². The summed E-state index contributed by atoms with van der Waals surface area (Å²) in [6.45, 7) is 2.32. The number of esters is 1. The molecule has 2 aromatic carbocycles. The zero-order valence-electron chi connectivity index (χ0n) is 16.1. The Labute approximate surface area is 165 Å². The number of amides is 1. The molecule has 6 nitrogen and oxygen atoms in total. The van der Waals surface area contributed by atoms with Crippen molar-refractivity contribution in [2.45, 2.75) is 32.2 Å². The third-order valence-electron chi connectivity index (χ3n) is 4.25. The molecule has 0 radical (unpaired) electrons. The second kappa shape index (κ2) is 10.7. The van der Waals surface area contributed by atoms with Gasteiger partial charge < -0.3 is 14.8 Å². The molecule has 0 heterocycles. The zero-order valence-corrected chi connectivity index (χ0v) is 16.1. The van der Waals surface area contributed by atoms with Gasteiger partial charge in [-0.15, -0.1) is 0 Å². The Morgan fingerprint density at radius 2 is 1.68 bits per heavy atom. The van der Waals surface area contributed by atoms with Crippen molar-refractivity contribution >= 4 is 12.1 Å². The second-order valence-electron chi connectivity index (χ2n) is 6.30. The maximum absolute atomic E-state index is 12.0. The van der Waals surface area contributed by atoms with Crippen LogP contribution in [0.4, 0.5) is 4.79 Å². The van der Waals surface area contributed by atoms with Crippen LogP contribution in [0, 0.1) is 11.3 Å². The number of nitrogens with one attached hydrogen (secondary N) is 1. The highest BCUT2D eigenvalue weighted by atomic mass is 16.6. The standard InChI is InChI=1S/C22H24N2O4/c1-3-4-13-28-22(26)24-20(21(25)27-2)14-16-5-9-18(10-6-16)19-11-7-17(15-23)8-12-19/h5-12,20H,3-4,13-14H2,1-2H3,(H,24,26). The first-order valence-corrected chi connectivity index (χ1v) is 9.18. The number of nitriles is 1. The van der Waals surface area contributed by atoms with Gasteiger partial charge in [0.15, 0.2) is 0 Å². The van der Waals surface area contributed by atoms with E-state index in [1.165, 1.54) is 7.11 Å². The number of nitrogens with zero attached hydrogens (tertiary/aromatic N) is 1. The lowest BCUT2D eigenvalue weighted by atomic mass is 10.00. The molecule has 0 aromatic heterocycles. The van der Waals surface area contributed by atoms with Crippen LogP contribution in [-0.4, -0.2) is 31.8 Å². The van der Waals surface area contributed by atoms with Crippen LogP contribution < -0.4 is 5.32 Å². The predicted molar refractivity (Wildman–Crippen MR) is 105 cm³/mol. The fourth-order valence-electron chi connectivity index (χ4n) is 2.63. The van der Waals surface area contributed by atoms with Crippen LogP contribution in [0.3, 0.4) is 0 Å². The Morgan fingerprint density at radius 1 is 1.07 bits per heavy atom. The average molecular weight is 380 g/mol. The van der Waals surface area contributed by atoms with Crippen LogP contribution >= 0.6 is 0 Å². The van der Waals surface area contributed by atoms with Crippen molar-refractivity contribution in [3.05, 3.63) is 59.7 Å². The minimum absolute atomic E-state index is 0.295. The van der Waals surface area contributed by atoms with Crippen LogP contribution in [0.15, 0.2) is 48.5 Å². The third-order valence-corrected chi connectivity index (χ3v) is 4.25. The lowest BCUT2D eigenvalue weighted by molar-refractivity contribution is -0.142. The number of ether oxygens (including phenoxy) is 2. The average Bonchev–Trinajstić information content (AvgIpc) is 2.73. The molecule has 28 heavy (non-hydrogen) atoms. The van der Waals surface area contributed by atoms with Gasteiger partial charge in [0.05, 0.1) is 25.3 Å². The summed E-state index contributed by atoms with van der Waals surface area (Å²) in [5.74, 6) is -0.524. The van der Waals surface area contributed by atoms with Crippen molar-refractivity contribution in [3.8, 4) is 17.2 Å². The first-order chi connectivity index (χ1) is 13.6. The summed E-state index contributed by atoms with van der Waals surface area (Å²) in [5, 5.41) is 11.4. The number of benzene rings is 2. The van der Waals surface area contributed by atoms with Crippen molar-refractivity contribution in [1.82, 2.24) is 5.32 Å². The van der Waals surface area contributed by atoms with Gasteiger partial charge in [0.25, 0.3) is 0 Å². The van der Waals surface area contributed by atoms with E-state index in [0.29, 0.717) is 18.6 Å². The Bertz CT molecular complexity index is 823. The number of hydrogen-bond donors (Lipinski definition) is 1. The molecule has 2 aromatic rings. The molecular formula is C22H24N2O4. The molecule has 146 valence electrons. The maximum atomic E-state index is 12.0. The number of carbonyl (C=O) groups is 2. The lowest BCUT2D eigenvalue weighted by Gasteiger charge is -2.16. The van der Waals surface area contributed by atoms with Gasteiger partial charge in [0, 0.05) is 6.42 Å². The van der Waals surface area contributed by atoms with Gasteiger partial charge >= 0.3 is 12.1 Å². The molecule has 1 N–H and O–H groups in total. The number of rotatable bonds is 8. The largest absolute Gasteiger partial charge is 0.467 e. The molecule has 6 heteroatoms. The van der Waals surface area contributed by atoms with E-state index in [1.807, 2.05) is 43.3 Å². The molecule has 0 saturated carbocycles. The van der Waals surface area contributed by atoms with E-state index in [1.54, 1.807) is 12.1 Å². The summed E-state index contributed by atoms with van der Waals surface area (Å²) in [6, 6.07) is 16.3. The number of alkyl carbamates (subject to hydrolysis) is 1. The Hall–Kier alpha value is -3.33. The third kappa shape index (κ3) is 6.13. The first kappa shape index (κ1) is 21.0. The van der Waals surface area contributed by atoms with Gasteiger partial charge in [0.1, 0.15) is 6.04 Å². The van der Waals surface area contributed by atoms with Crippen molar-refractivity contribution < 1.29 is 19.1 Å². The summed E-state index contributed by atoms with van der Waals surface area (Å²) in [4.78, 5) is 23.9. The molecule has 2 rings (SSSR count). The number of unbranched alkanes of at least 4 members (excludes halogenated alkanes) is 1. The molecule has 0 spiro atoms. The van der Waals surface area contributed by atoms with Crippen LogP contribution in [0.2, 0.25) is 0 Å². The molecule has 1 atom stereocenters. The fourth-order valence-corrected chi connectivity index (χ4v) is 2.63. The van der Waals surface area contributed by atoms with Crippen LogP contribution in [-0.2, 0) is 20.7 Å².